The molecule has 4 nitrogen and oxygen atoms in total. The Labute approximate surface area is 95.8 Å². The van der Waals surface area contributed by atoms with E-state index in [2.05, 4.69) is 10.2 Å². The molecule has 0 atom stereocenters. The minimum atomic E-state index is 0.538. The Kier molecular flexibility index (Phi) is 2.91. The van der Waals surface area contributed by atoms with Gasteiger partial charge in [-0.2, -0.15) is 5.10 Å². The molecule has 1 N–H and O–H groups in total. The third kappa shape index (κ3) is 1.98. The molecule has 0 radical (unpaired) electrons. The third-order valence-corrected chi connectivity index (χ3v) is 3.85. The van der Waals surface area contributed by atoms with Crippen LogP contribution >= 0.6 is 0 Å². The number of aromatic amines is 1. The number of aromatic nitrogens is 3. The predicted octanol–water partition coefficient (Wildman–Crippen LogP) is 2.36. The first-order valence-corrected chi connectivity index (χ1v) is 6.43. The molecule has 2 aliphatic rings. The van der Waals surface area contributed by atoms with Gasteiger partial charge in [-0.25, -0.2) is 4.98 Å². The monoisotopic (exact) mass is 221 g/mol. The van der Waals surface area contributed by atoms with Gasteiger partial charge in [0.15, 0.2) is 5.82 Å². The second kappa shape index (κ2) is 4.53. The van der Waals surface area contributed by atoms with Crippen molar-refractivity contribution >= 4 is 0 Å². The summed E-state index contributed by atoms with van der Waals surface area (Å²) in [6.07, 6.45) is 7.38. The lowest BCUT2D eigenvalue weighted by atomic mass is 10.00. The molecule has 0 bridgehead atoms. The van der Waals surface area contributed by atoms with Crippen molar-refractivity contribution in [1.82, 2.24) is 15.2 Å². The Bertz CT molecular complexity index is 338. The number of ether oxygens (including phenoxy) is 1. The van der Waals surface area contributed by atoms with Crippen molar-refractivity contribution < 1.29 is 4.74 Å². The van der Waals surface area contributed by atoms with Crippen LogP contribution in [0.5, 0.6) is 0 Å². The summed E-state index contributed by atoms with van der Waals surface area (Å²) in [4.78, 5) is 4.69. The SMILES string of the molecule is C1CCC(c2n[nH]c(C3CCOCC3)n2)C1. The summed E-state index contributed by atoms with van der Waals surface area (Å²) in [7, 11) is 0. The summed E-state index contributed by atoms with van der Waals surface area (Å²) >= 11 is 0. The summed E-state index contributed by atoms with van der Waals surface area (Å²) in [5, 5.41) is 7.53. The van der Waals surface area contributed by atoms with Gasteiger partial charge in [-0.1, -0.05) is 12.8 Å². The molecule has 1 aromatic heterocycles. The smallest absolute Gasteiger partial charge is 0.153 e. The highest BCUT2D eigenvalue weighted by Crippen LogP contribution is 2.33. The maximum Gasteiger partial charge on any atom is 0.153 e. The average molecular weight is 221 g/mol. The van der Waals surface area contributed by atoms with Crippen LogP contribution in [0.4, 0.5) is 0 Å². The van der Waals surface area contributed by atoms with Gasteiger partial charge in [0, 0.05) is 25.0 Å². The summed E-state index contributed by atoms with van der Waals surface area (Å²) in [5.41, 5.74) is 0. The van der Waals surface area contributed by atoms with Gasteiger partial charge in [0.2, 0.25) is 0 Å². The molecular formula is C12H19N3O. The lowest BCUT2D eigenvalue weighted by molar-refractivity contribution is 0.0836. The van der Waals surface area contributed by atoms with Gasteiger partial charge >= 0.3 is 0 Å². The first kappa shape index (κ1) is 10.3. The Morgan fingerprint density at radius 3 is 2.50 bits per heavy atom. The maximum absolute atomic E-state index is 5.37. The van der Waals surface area contributed by atoms with Crippen LogP contribution in [0.3, 0.4) is 0 Å². The molecule has 1 aliphatic heterocycles. The van der Waals surface area contributed by atoms with E-state index in [9.17, 15) is 0 Å². The minimum absolute atomic E-state index is 0.538. The van der Waals surface area contributed by atoms with Crippen LogP contribution in [-0.4, -0.2) is 28.4 Å². The molecule has 16 heavy (non-hydrogen) atoms. The average Bonchev–Trinajstić information content (AvgIpc) is 3.01. The second-order valence-electron chi connectivity index (χ2n) is 4.95. The second-order valence-corrected chi connectivity index (χ2v) is 4.95. The van der Waals surface area contributed by atoms with E-state index in [1.807, 2.05) is 0 Å². The molecule has 0 aromatic carbocycles. The van der Waals surface area contributed by atoms with E-state index >= 15 is 0 Å². The van der Waals surface area contributed by atoms with Crippen LogP contribution in [0.15, 0.2) is 0 Å². The van der Waals surface area contributed by atoms with Crippen molar-refractivity contribution in [3.63, 3.8) is 0 Å². The van der Waals surface area contributed by atoms with Crippen molar-refractivity contribution in [2.24, 2.45) is 0 Å². The standard InChI is InChI=1S/C12H19N3O/c1-2-4-9(3-1)11-13-12(15-14-11)10-5-7-16-8-6-10/h9-10H,1-8H2,(H,13,14,15). The lowest BCUT2D eigenvalue weighted by Gasteiger charge is -2.19. The molecule has 3 rings (SSSR count). The summed E-state index contributed by atoms with van der Waals surface area (Å²) < 4.78 is 5.37. The van der Waals surface area contributed by atoms with Gasteiger partial charge < -0.3 is 4.74 Å². The fourth-order valence-electron chi connectivity index (χ4n) is 2.81. The topological polar surface area (TPSA) is 50.8 Å². The van der Waals surface area contributed by atoms with Crippen LogP contribution in [-0.2, 0) is 4.74 Å². The lowest BCUT2D eigenvalue weighted by Crippen LogP contribution is -2.15. The zero-order valence-electron chi connectivity index (χ0n) is 9.61. The van der Waals surface area contributed by atoms with E-state index in [0.717, 1.165) is 37.7 Å². The molecule has 1 aliphatic carbocycles. The van der Waals surface area contributed by atoms with Gasteiger partial charge in [-0.05, 0) is 25.7 Å². The van der Waals surface area contributed by atoms with Crippen LogP contribution in [0.25, 0.3) is 0 Å². The Balaban J connectivity index is 1.71. The van der Waals surface area contributed by atoms with E-state index in [-0.39, 0.29) is 0 Å². The van der Waals surface area contributed by atoms with Crippen molar-refractivity contribution in [1.29, 1.82) is 0 Å². The number of hydrogen-bond donors (Lipinski definition) is 1. The molecule has 1 saturated heterocycles. The molecule has 4 heteroatoms. The molecule has 0 spiro atoms. The van der Waals surface area contributed by atoms with Crippen LogP contribution in [0.2, 0.25) is 0 Å². The van der Waals surface area contributed by atoms with Crippen LogP contribution < -0.4 is 0 Å². The minimum Gasteiger partial charge on any atom is -0.381 e. The van der Waals surface area contributed by atoms with E-state index in [1.165, 1.54) is 25.7 Å². The van der Waals surface area contributed by atoms with E-state index in [1.54, 1.807) is 0 Å². The van der Waals surface area contributed by atoms with Gasteiger partial charge in [0.05, 0.1) is 0 Å². The van der Waals surface area contributed by atoms with Crippen molar-refractivity contribution in [3.8, 4) is 0 Å². The fraction of sp³-hybridized carbons (Fsp3) is 0.833. The fourth-order valence-corrected chi connectivity index (χ4v) is 2.81. The first-order valence-electron chi connectivity index (χ1n) is 6.43. The van der Waals surface area contributed by atoms with E-state index in [0.29, 0.717) is 11.8 Å². The highest BCUT2D eigenvalue weighted by Gasteiger charge is 2.24. The Morgan fingerprint density at radius 2 is 1.75 bits per heavy atom. The highest BCUT2D eigenvalue weighted by molar-refractivity contribution is 5.04. The van der Waals surface area contributed by atoms with Gasteiger partial charge in [0.25, 0.3) is 0 Å². The molecule has 2 heterocycles. The van der Waals surface area contributed by atoms with Crippen LogP contribution in [0.1, 0.15) is 62.0 Å². The highest BCUT2D eigenvalue weighted by atomic mass is 16.5. The normalized spacial score (nSPS) is 24.0. The molecule has 1 saturated carbocycles. The van der Waals surface area contributed by atoms with Crippen LogP contribution in [0, 0.1) is 0 Å². The van der Waals surface area contributed by atoms with Gasteiger partial charge in [0.1, 0.15) is 5.82 Å². The molecule has 2 fully saturated rings. The summed E-state index contributed by atoms with van der Waals surface area (Å²) in [6, 6.07) is 0. The quantitative estimate of drug-likeness (QED) is 0.834. The number of nitrogens with one attached hydrogen (secondary N) is 1. The molecule has 1 aromatic rings. The first-order chi connectivity index (χ1) is 7.93. The number of rotatable bonds is 2. The molecule has 0 unspecified atom stereocenters. The third-order valence-electron chi connectivity index (χ3n) is 3.85. The van der Waals surface area contributed by atoms with Crippen molar-refractivity contribution in [2.75, 3.05) is 13.2 Å². The molecular weight excluding hydrogens is 202 g/mol. The number of hydrogen-bond acceptors (Lipinski definition) is 3. The van der Waals surface area contributed by atoms with Gasteiger partial charge in [-0.3, -0.25) is 5.10 Å². The largest absolute Gasteiger partial charge is 0.381 e. The molecule has 88 valence electrons. The summed E-state index contributed by atoms with van der Waals surface area (Å²) in [6.45, 7) is 1.73. The van der Waals surface area contributed by atoms with E-state index in [4.69, 9.17) is 9.72 Å². The zero-order chi connectivity index (χ0) is 10.8. The van der Waals surface area contributed by atoms with Gasteiger partial charge in [-0.15, -0.1) is 0 Å². The number of nitrogens with zero attached hydrogens (tertiary/aromatic N) is 2. The Hall–Kier alpha value is -0.900. The summed E-state index contributed by atoms with van der Waals surface area (Å²) in [5.74, 6) is 3.30. The number of H-pyrrole nitrogens is 1. The van der Waals surface area contributed by atoms with Crippen molar-refractivity contribution in [2.45, 2.75) is 50.4 Å². The zero-order valence-corrected chi connectivity index (χ0v) is 9.61. The van der Waals surface area contributed by atoms with Crippen molar-refractivity contribution in [3.05, 3.63) is 11.6 Å². The molecule has 0 amide bonds. The van der Waals surface area contributed by atoms with E-state index < -0.39 is 0 Å². The predicted molar refractivity (Wildman–Crippen MR) is 60.4 cm³/mol. The maximum atomic E-state index is 5.37. The Morgan fingerprint density at radius 1 is 1.00 bits per heavy atom.